The Kier molecular flexibility index (Phi) is 7.18. The molecule has 3 heterocycles. The van der Waals surface area contributed by atoms with Crippen LogP contribution < -0.4 is 5.32 Å². The fourth-order valence-corrected chi connectivity index (χ4v) is 4.52. The Hall–Kier alpha value is -3.85. The average Bonchev–Trinajstić information content (AvgIpc) is 3.52. The van der Waals surface area contributed by atoms with E-state index in [2.05, 4.69) is 42.0 Å². The van der Waals surface area contributed by atoms with Gasteiger partial charge in [-0.3, -0.25) is 9.69 Å². The molecule has 0 aliphatic carbocycles. The SMILES string of the molecule is Cc1nccn1Cc1cccc(CNC(=O)C2CCN(Cc3nc(-c4ccc(F)cc4)no3)CC2)c1. The van der Waals surface area contributed by atoms with Crippen LogP contribution in [0.1, 0.15) is 35.7 Å². The van der Waals surface area contributed by atoms with Crippen LogP contribution in [0.5, 0.6) is 0 Å². The normalized spacial score (nSPS) is 14.7. The monoisotopic (exact) mass is 488 g/mol. The highest BCUT2D eigenvalue weighted by Crippen LogP contribution is 2.21. The van der Waals surface area contributed by atoms with Crippen molar-refractivity contribution < 1.29 is 13.7 Å². The molecular formula is C27H29FN6O2. The van der Waals surface area contributed by atoms with E-state index in [0.717, 1.165) is 43.9 Å². The van der Waals surface area contributed by atoms with Crippen molar-refractivity contribution >= 4 is 5.91 Å². The summed E-state index contributed by atoms with van der Waals surface area (Å²) in [4.78, 5) is 23.7. The number of halogens is 1. The molecule has 2 aromatic heterocycles. The topological polar surface area (TPSA) is 89.1 Å². The number of benzene rings is 2. The molecule has 0 saturated carbocycles. The Morgan fingerprint density at radius 2 is 1.89 bits per heavy atom. The second-order valence-electron chi connectivity index (χ2n) is 9.21. The lowest BCUT2D eigenvalue weighted by atomic mass is 9.96. The molecule has 0 unspecified atom stereocenters. The van der Waals surface area contributed by atoms with Crippen LogP contribution in [-0.4, -0.2) is 43.6 Å². The van der Waals surface area contributed by atoms with Crippen molar-refractivity contribution in [3.05, 3.63) is 89.6 Å². The fourth-order valence-electron chi connectivity index (χ4n) is 4.52. The van der Waals surface area contributed by atoms with Crippen LogP contribution in [0.2, 0.25) is 0 Å². The molecule has 1 aliphatic rings. The van der Waals surface area contributed by atoms with E-state index in [4.69, 9.17) is 4.52 Å². The van der Waals surface area contributed by atoms with E-state index in [1.54, 1.807) is 18.3 Å². The van der Waals surface area contributed by atoms with E-state index in [0.29, 0.717) is 30.4 Å². The maximum Gasteiger partial charge on any atom is 0.241 e. The van der Waals surface area contributed by atoms with Crippen molar-refractivity contribution in [1.29, 1.82) is 0 Å². The number of likely N-dealkylation sites (tertiary alicyclic amines) is 1. The van der Waals surface area contributed by atoms with Gasteiger partial charge in [0.15, 0.2) is 0 Å². The number of carbonyl (C=O) groups excluding carboxylic acids is 1. The first kappa shape index (κ1) is 23.9. The van der Waals surface area contributed by atoms with E-state index in [-0.39, 0.29) is 17.6 Å². The number of aryl methyl sites for hydroxylation is 1. The summed E-state index contributed by atoms with van der Waals surface area (Å²) in [6.45, 7) is 5.37. The molecule has 1 amide bonds. The maximum absolute atomic E-state index is 13.1. The maximum atomic E-state index is 13.1. The zero-order valence-corrected chi connectivity index (χ0v) is 20.2. The highest BCUT2D eigenvalue weighted by Gasteiger charge is 2.26. The average molecular weight is 489 g/mol. The lowest BCUT2D eigenvalue weighted by Gasteiger charge is -2.30. The quantitative estimate of drug-likeness (QED) is 0.404. The minimum absolute atomic E-state index is 0.00417. The van der Waals surface area contributed by atoms with Crippen molar-refractivity contribution in [1.82, 2.24) is 29.9 Å². The Labute approximate surface area is 209 Å². The molecule has 5 rings (SSSR count). The summed E-state index contributed by atoms with van der Waals surface area (Å²) >= 11 is 0. The van der Waals surface area contributed by atoms with Crippen LogP contribution in [-0.2, 0) is 24.4 Å². The van der Waals surface area contributed by atoms with Gasteiger partial charge in [0, 0.05) is 37.0 Å². The van der Waals surface area contributed by atoms with Crippen LogP contribution >= 0.6 is 0 Å². The second-order valence-corrected chi connectivity index (χ2v) is 9.21. The zero-order valence-electron chi connectivity index (χ0n) is 20.2. The Bertz CT molecular complexity index is 1310. The minimum Gasteiger partial charge on any atom is -0.352 e. The van der Waals surface area contributed by atoms with Gasteiger partial charge < -0.3 is 14.4 Å². The summed E-state index contributed by atoms with van der Waals surface area (Å²) in [5.74, 6) is 1.74. The van der Waals surface area contributed by atoms with E-state index in [1.807, 2.05) is 25.3 Å². The number of rotatable bonds is 8. The molecule has 1 fully saturated rings. The molecule has 9 heteroatoms. The summed E-state index contributed by atoms with van der Waals surface area (Å²) in [6.07, 6.45) is 5.34. The van der Waals surface area contributed by atoms with Crippen molar-refractivity contribution in [3.8, 4) is 11.4 Å². The first-order valence-corrected chi connectivity index (χ1v) is 12.2. The van der Waals surface area contributed by atoms with Gasteiger partial charge in [0.2, 0.25) is 17.6 Å². The van der Waals surface area contributed by atoms with Crippen LogP contribution in [0.25, 0.3) is 11.4 Å². The molecule has 1 saturated heterocycles. The third-order valence-electron chi connectivity index (χ3n) is 6.62. The molecule has 0 radical (unpaired) electrons. The first-order chi connectivity index (χ1) is 17.5. The smallest absolute Gasteiger partial charge is 0.241 e. The number of hydrogen-bond donors (Lipinski definition) is 1. The highest BCUT2D eigenvalue weighted by atomic mass is 19.1. The Balaban J connectivity index is 1.08. The molecule has 1 N–H and O–H groups in total. The predicted octanol–water partition coefficient (Wildman–Crippen LogP) is 3.96. The molecule has 2 aromatic carbocycles. The van der Waals surface area contributed by atoms with Crippen LogP contribution in [0.3, 0.4) is 0 Å². The molecule has 36 heavy (non-hydrogen) atoms. The van der Waals surface area contributed by atoms with Gasteiger partial charge >= 0.3 is 0 Å². The highest BCUT2D eigenvalue weighted by molar-refractivity contribution is 5.78. The molecule has 0 bridgehead atoms. The van der Waals surface area contributed by atoms with Crippen molar-refractivity contribution in [2.24, 2.45) is 5.92 Å². The van der Waals surface area contributed by atoms with E-state index < -0.39 is 0 Å². The lowest BCUT2D eigenvalue weighted by Crippen LogP contribution is -2.40. The largest absolute Gasteiger partial charge is 0.352 e. The van der Waals surface area contributed by atoms with Crippen molar-refractivity contribution in [2.75, 3.05) is 13.1 Å². The molecule has 0 spiro atoms. The second kappa shape index (κ2) is 10.8. The van der Waals surface area contributed by atoms with Gasteiger partial charge in [-0.2, -0.15) is 4.98 Å². The van der Waals surface area contributed by atoms with Crippen molar-refractivity contribution in [3.63, 3.8) is 0 Å². The Morgan fingerprint density at radius 1 is 1.11 bits per heavy atom. The summed E-state index contributed by atoms with van der Waals surface area (Å²) in [6, 6.07) is 14.3. The summed E-state index contributed by atoms with van der Waals surface area (Å²) in [7, 11) is 0. The Morgan fingerprint density at radius 3 is 2.64 bits per heavy atom. The fraction of sp³-hybridized carbons (Fsp3) is 0.333. The predicted molar refractivity (Wildman–Crippen MR) is 132 cm³/mol. The van der Waals surface area contributed by atoms with Gasteiger partial charge in [-0.1, -0.05) is 29.4 Å². The minimum atomic E-state index is -0.302. The van der Waals surface area contributed by atoms with Gasteiger partial charge in [-0.05, 0) is 68.2 Å². The van der Waals surface area contributed by atoms with Gasteiger partial charge in [0.25, 0.3) is 0 Å². The molecule has 1 aliphatic heterocycles. The number of aromatic nitrogens is 4. The summed E-state index contributed by atoms with van der Waals surface area (Å²) in [5, 5.41) is 7.12. The molecule has 8 nitrogen and oxygen atoms in total. The van der Waals surface area contributed by atoms with Crippen molar-refractivity contribution in [2.45, 2.75) is 39.4 Å². The lowest BCUT2D eigenvalue weighted by molar-refractivity contribution is -0.126. The molecule has 4 aromatic rings. The third-order valence-corrected chi connectivity index (χ3v) is 6.62. The van der Waals surface area contributed by atoms with E-state index >= 15 is 0 Å². The summed E-state index contributed by atoms with van der Waals surface area (Å²) in [5.41, 5.74) is 2.98. The number of hydrogen-bond acceptors (Lipinski definition) is 6. The van der Waals surface area contributed by atoms with Gasteiger partial charge in [-0.25, -0.2) is 9.37 Å². The van der Waals surface area contributed by atoms with E-state index in [9.17, 15) is 9.18 Å². The van der Waals surface area contributed by atoms with Gasteiger partial charge in [0.05, 0.1) is 6.54 Å². The van der Waals surface area contributed by atoms with Gasteiger partial charge in [0.1, 0.15) is 11.6 Å². The number of nitrogens with one attached hydrogen (secondary N) is 1. The standard InChI is InChI=1S/C27H29FN6O2/c1-19-29-11-14-34(19)17-21-4-2-3-20(15-21)16-30-27(35)23-9-12-33(13-10-23)18-25-31-26(32-36-25)22-5-7-24(28)8-6-22/h2-8,11,14-15,23H,9-10,12-13,16-18H2,1H3,(H,30,35). The number of imidazole rings is 1. The summed E-state index contributed by atoms with van der Waals surface area (Å²) < 4.78 is 20.6. The number of piperidine rings is 1. The van der Waals surface area contributed by atoms with Gasteiger partial charge in [-0.15, -0.1) is 0 Å². The van der Waals surface area contributed by atoms with Crippen LogP contribution in [0.4, 0.5) is 4.39 Å². The number of amides is 1. The zero-order chi connectivity index (χ0) is 24.9. The number of carbonyl (C=O) groups is 1. The third kappa shape index (κ3) is 5.85. The molecule has 186 valence electrons. The molecular weight excluding hydrogens is 459 g/mol. The molecule has 0 atom stereocenters. The first-order valence-electron chi connectivity index (χ1n) is 12.2. The van der Waals surface area contributed by atoms with E-state index in [1.165, 1.54) is 17.7 Å². The van der Waals surface area contributed by atoms with Crippen LogP contribution in [0, 0.1) is 18.7 Å². The van der Waals surface area contributed by atoms with Crippen LogP contribution in [0.15, 0.2) is 65.4 Å². The number of nitrogens with zero attached hydrogens (tertiary/aromatic N) is 5.